The molecular formula is C16H30N2O2S2. The summed E-state index contributed by atoms with van der Waals surface area (Å²) in [6.45, 7) is 5.53. The molecule has 3 fully saturated rings. The zero-order chi connectivity index (χ0) is 15.4. The first-order valence-electron chi connectivity index (χ1n) is 8.91. The van der Waals surface area contributed by atoms with Crippen LogP contribution in [0.3, 0.4) is 0 Å². The van der Waals surface area contributed by atoms with Crippen LogP contribution in [0.4, 0.5) is 0 Å². The molecule has 3 aliphatic rings. The van der Waals surface area contributed by atoms with Gasteiger partial charge in [-0.2, -0.15) is 11.8 Å². The Balaban J connectivity index is 1.32. The van der Waals surface area contributed by atoms with Crippen LogP contribution in [-0.4, -0.2) is 79.5 Å². The highest BCUT2D eigenvalue weighted by Crippen LogP contribution is 2.28. The molecule has 0 aromatic rings. The van der Waals surface area contributed by atoms with Gasteiger partial charge in [-0.15, -0.1) is 0 Å². The molecular weight excluding hydrogens is 316 g/mol. The van der Waals surface area contributed by atoms with E-state index in [-0.39, 0.29) is 0 Å². The topological polar surface area (TPSA) is 40.6 Å². The van der Waals surface area contributed by atoms with Crippen LogP contribution in [0.25, 0.3) is 0 Å². The maximum absolute atomic E-state index is 11.6. The van der Waals surface area contributed by atoms with Gasteiger partial charge in [-0.05, 0) is 19.3 Å². The van der Waals surface area contributed by atoms with Crippen LogP contribution in [0.15, 0.2) is 0 Å². The molecule has 4 nitrogen and oxygen atoms in total. The quantitative estimate of drug-likeness (QED) is 0.760. The zero-order valence-electron chi connectivity index (χ0n) is 13.6. The van der Waals surface area contributed by atoms with Crippen LogP contribution >= 0.6 is 11.8 Å². The van der Waals surface area contributed by atoms with Crippen LogP contribution in [0.5, 0.6) is 0 Å². The van der Waals surface area contributed by atoms with Gasteiger partial charge < -0.3 is 0 Å². The molecule has 1 aliphatic carbocycles. The van der Waals surface area contributed by atoms with E-state index in [2.05, 4.69) is 21.6 Å². The number of sulfone groups is 1. The van der Waals surface area contributed by atoms with Crippen molar-refractivity contribution in [1.29, 1.82) is 0 Å². The molecule has 0 bridgehead atoms. The Hall–Kier alpha value is 0.220. The van der Waals surface area contributed by atoms with E-state index in [4.69, 9.17) is 0 Å². The van der Waals surface area contributed by atoms with Gasteiger partial charge in [0.25, 0.3) is 0 Å². The van der Waals surface area contributed by atoms with Gasteiger partial charge in [0.2, 0.25) is 0 Å². The van der Waals surface area contributed by atoms with Crippen LogP contribution in [0.1, 0.15) is 38.5 Å². The molecule has 0 spiro atoms. The van der Waals surface area contributed by atoms with Gasteiger partial charge in [-0.3, -0.25) is 9.80 Å². The van der Waals surface area contributed by atoms with Crippen molar-refractivity contribution >= 4 is 21.6 Å². The second-order valence-corrected chi connectivity index (χ2v) is 10.7. The summed E-state index contributed by atoms with van der Waals surface area (Å²) in [5, 5.41) is 0.915. The van der Waals surface area contributed by atoms with Crippen LogP contribution in [-0.2, 0) is 9.84 Å². The molecule has 2 saturated heterocycles. The summed E-state index contributed by atoms with van der Waals surface area (Å²) in [4.78, 5) is 4.98. The minimum Gasteiger partial charge on any atom is -0.300 e. The smallest absolute Gasteiger partial charge is 0.151 e. The van der Waals surface area contributed by atoms with Gasteiger partial charge in [0.1, 0.15) is 0 Å². The van der Waals surface area contributed by atoms with Gasteiger partial charge in [0.15, 0.2) is 9.84 Å². The minimum atomic E-state index is -2.74. The second-order valence-electron chi connectivity index (χ2n) is 7.07. The highest BCUT2D eigenvalue weighted by molar-refractivity contribution is 7.99. The van der Waals surface area contributed by atoms with Crippen molar-refractivity contribution in [1.82, 2.24) is 9.80 Å². The van der Waals surface area contributed by atoms with Crippen molar-refractivity contribution in [2.24, 2.45) is 0 Å². The summed E-state index contributed by atoms with van der Waals surface area (Å²) in [6, 6.07) is 0.295. The van der Waals surface area contributed by atoms with Crippen LogP contribution in [0.2, 0.25) is 0 Å². The predicted molar refractivity (Wildman–Crippen MR) is 94.4 cm³/mol. The van der Waals surface area contributed by atoms with E-state index in [0.717, 1.165) is 37.8 Å². The largest absolute Gasteiger partial charge is 0.300 e. The van der Waals surface area contributed by atoms with E-state index >= 15 is 0 Å². The summed E-state index contributed by atoms with van der Waals surface area (Å²) in [6.07, 6.45) is 8.00. The Kier molecular flexibility index (Phi) is 6.09. The molecule has 6 heteroatoms. The highest BCUT2D eigenvalue weighted by Gasteiger charge is 2.33. The van der Waals surface area contributed by atoms with Crippen molar-refractivity contribution in [2.45, 2.75) is 49.8 Å². The molecule has 0 aromatic heterocycles. The van der Waals surface area contributed by atoms with Crippen molar-refractivity contribution in [3.63, 3.8) is 0 Å². The minimum absolute atomic E-state index is 0.295. The van der Waals surface area contributed by atoms with Crippen molar-refractivity contribution in [3.05, 3.63) is 0 Å². The summed E-state index contributed by atoms with van der Waals surface area (Å²) in [7, 11) is -2.74. The number of hydrogen-bond acceptors (Lipinski definition) is 5. The third kappa shape index (κ3) is 4.86. The number of hydrogen-bond donors (Lipinski definition) is 0. The first-order valence-corrected chi connectivity index (χ1v) is 11.8. The Bertz CT molecular complexity index is 441. The maximum atomic E-state index is 11.6. The SMILES string of the molecule is O=S1(=O)CCC(N2CCN(CCSC3CCCCC3)CC2)C1. The second kappa shape index (κ2) is 7.86. The Morgan fingerprint density at radius 2 is 1.68 bits per heavy atom. The van der Waals surface area contributed by atoms with Gasteiger partial charge in [0, 0.05) is 49.8 Å². The molecule has 2 aliphatic heterocycles. The number of piperazine rings is 1. The molecule has 3 rings (SSSR count). The Labute approximate surface area is 139 Å². The number of rotatable bonds is 5. The summed E-state index contributed by atoms with van der Waals surface area (Å²) < 4.78 is 23.2. The number of nitrogens with zero attached hydrogens (tertiary/aromatic N) is 2. The van der Waals surface area contributed by atoms with Gasteiger partial charge in [-0.1, -0.05) is 19.3 Å². The molecule has 0 amide bonds. The van der Waals surface area contributed by atoms with Crippen LogP contribution in [0, 0.1) is 0 Å². The Morgan fingerprint density at radius 1 is 0.955 bits per heavy atom. The maximum Gasteiger partial charge on any atom is 0.151 e. The fourth-order valence-corrected chi connectivity index (χ4v) is 7.12. The average molecular weight is 347 g/mol. The van der Waals surface area contributed by atoms with Gasteiger partial charge in [-0.25, -0.2) is 8.42 Å². The van der Waals surface area contributed by atoms with Crippen molar-refractivity contribution in [2.75, 3.05) is 50.0 Å². The van der Waals surface area contributed by atoms with Crippen LogP contribution < -0.4 is 0 Å². The summed E-state index contributed by atoms with van der Waals surface area (Å²) in [5.41, 5.74) is 0. The van der Waals surface area contributed by atoms with Gasteiger partial charge in [0.05, 0.1) is 11.5 Å². The standard InChI is InChI=1S/C16H30N2O2S2/c19-22(20)13-6-15(14-22)18-9-7-17(8-10-18)11-12-21-16-4-2-1-3-5-16/h15-16H,1-14H2. The fraction of sp³-hybridized carbons (Fsp3) is 1.00. The van der Waals surface area contributed by atoms with E-state index < -0.39 is 9.84 Å². The van der Waals surface area contributed by atoms with Crippen molar-refractivity contribution in [3.8, 4) is 0 Å². The molecule has 1 unspecified atom stereocenters. The predicted octanol–water partition coefficient (Wildman–Crippen LogP) is 1.86. The first-order chi connectivity index (χ1) is 10.6. The zero-order valence-corrected chi connectivity index (χ0v) is 15.2. The lowest BCUT2D eigenvalue weighted by molar-refractivity contribution is 0.109. The van der Waals surface area contributed by atoms with E-state index in [0.29, 0.717) is 17.5 Å². The van der Waals surface area contributed by atoms with E-state index in [1.54, 1.807) is 0 Å². The lowest BCUT2D eigenvalue weighted by atomic mass is 10.0. The molecule has 0 radical (unpaired) electrons. The third-order valence-corrected chi connectivity index (χ3v) is 8.56. The van der Waals surface area contributed by atoms with Crippen molar-refractivity contribution < 1.29 is 8.42 Å². The van der Waals surface area contributed by atoms with E-state index in [1.807, 2.05) is 0 Å². The van der Waals surface area contributed by atoms with Gasteiger partial charge >= 0.3 is 0 Å². The molecule has 22 heavy (non-hydrogen) atoms. The van der Waals surface area contributed by atoms with E-state index in [1.165, 1.54) is 44.4 Å². The summed E-state index contributed by atoms with van der Waals surface area (Å²) >= 11 is 2.18. The normalized spacial score (nSPS) is 31.5. The lowest BCUT2D eigenvalue weighted by Crippen LogP contribution is -2.51. The lowest BCUT2D eigenvalue weighted by Gasteiger charge is -2.37. The molecule has 128 valence electrons. The molecule has 2 heterocycles. The third-order valence-electron chi connectivity index (χ3n) is 5.44. The molecule has 0 aromatic carbocycles. The Morgan fingerprint density at radius 3 is 2.32 bits per heavy atom. The molecule has 1 saturated carbocycles. The average Bonchev–Trinajstić information content (AvgIpc) is 2.89. The van der Waals surface area contributed by atoms with E-state index in [9.17, 15) is 8.42 Å². The fourth-order valence-electron chi connectivity index (χ4n) is 4.00. The first kappa shape index (κ1) is 17.1. The summed E-state index contributed by atoms with van der Waals surface area (Å²) in [5.74, 6) is 2.06. The monoisotopic (exact) mass is 346 g/mol. The highest BCUT2D eigenvalue weighted by atomic mass is 32.2. The number of thioether (sulfide) groups is 1. The molecule has 1 atom stereocenters. The molecule has 0 N–H and O–H groups in total.